The molecular formula is C13H16ClF4N3O3S. The van der Waals surface area contributed by atoms with Crippen molar-refractivity contribution in [1.82, 2.24) is 9.78 Å². The average molecular weight is 406 g/mol. The molecule has 0 aromatic carbocycles. The van der Waals surface area contributed by atoms with E-state index in [1.807, 2.05) is 0 Å². The molecule has 0 radical (unpaired) electrons. The number of hydrogen-bond acceptors (Lipinski definition) is 5. The zero-order valence-corrected chi connectivity index (χ0v) is 15.1. The van der Waals surface area contributed by atoms with E-state index in [1.54, 1.807) is 13.8 Å². The minimum atomic E-state index is -4.19. The van der Waals surface area contributed by atoms with Gasteiger partial charge in [0, 0.05) is 12.0 Å². The van der Waals surface area contributed by atoms with Gasteiger partial charge in [-0.2, -0.15) is 5.10 Å². The molecule has 0 aliphatic carbocycles. The number of halogens is 5. The molecule has 12 heteroatoms. The highest BCUT2D eigenvalue weighted by Crippen LogP contribution is 2.39. The topological polar surface area (TPSA) is 73.5 Å². The van der Waals surface area contributed by atoms with E-state index in [0.29, 0.717) is 4.68 Å². The molecule has 0 N–H and O–H groups in total. The van der Waals surface area contributed by atoms with Gasteiger partial charge < -0.3 is 4.84 Å². The summed E-state index contributed by atoms with van der Waals surface area (Å²) >= 11 is 5.80. The standard InChI is InChI=1S/C13H16ClF4N3O3S/c1-6(25(22,23)8-4-13(2,3)24-20-8)9-10(12(17)18)21(5-7(15)16)19-11(9)14/h6-7,12H,4-5H2,1-3H3. The molecule has 6 nitrogen and oxygen atoms in total. The molecule has 1 aromatic rings. The molecule has 25 heavy (non-hydrogen) atoms. The van der Waals surface area contributed by atoms with E-state index >= 15 is 0 Å². The van der Waals surface area contributed by atoms with Crippen LogP contribution in [-0.2, 0) is 21.2 Å². The van der Waals surface area contributed by atoms with Crippen molar-refractivity contribution in [3.05, 3.63) is 16.4 Å². The van der Waals surface area contributed by atoms with Crippen LogP contribution in [0.5, 0.6) is 0 Å². The van der Waals surface area contributed by atoms with Gasteiger partial charge in [0.15, 0.2) is 10.2 Å². The lowest BCUT2D eigenvalue weighted by molar-refractivity contribution is 0.0123. The summed E-state index contributed by atoms with van der Waals surface area (Å²) in [5.41, 5.74) is -2.30. The van der Waals surface area contributed by atoms with Gasteiger partial charge in [-0.05, 0) is 20.8 Å². The molecule has 1 aromatic heterocycles. The summed E-state index contributed by atoms with van der Waals surface area (Å²) < 4.78 is 77.6. The van der Waals surface area contributed by atoms with Gasteiger partial charge in [-0.3, -0.25) is 4.68 Å². The van der Waals surface area contributed by atoms with Crippen molar-refractivity contribution >= 4 is 26.5 Å². The Kier molecular flexibility index (Phi) is 5.39. The van der Waals surface area contributed by atoms with E-state index in [9.17, 15) is 26.0 Å². The molecule has 1 aliphatic heterocycles. The first-order valence-electron chi connectivity index (χ1n) is 7.18. The second-order valence-corrected chi connectivity index (χ2v) is 8.79. The molecule has 0 fully saturated rings. The lowest BCUT2D eigenvalue weighted by Gasteiger charge is -2.16. The van der Waals surface area contributed by atoms with E-state index in [4.69, 9.17) is 16.4 Å². The Bertz CT molecular complexity index is 793. The molecule has 0 saturated heterocycles. The first kappa shape index (κ1) is 20.0. The zero-order valence-electron chi connectivity index (χ0n) is 13.5. The largest absolute Gasteiger partial charge is 0.389 e. The number of rotatable bonds is 5. The summed E-state index contributed by atoms with van der Waals surface area (Å²) in [7, 11) is -4.19. The number of oxime groups is 1. The molecule has 2 heterocycles. The van der Waals surface area contributed by atoms with Gasteiger partial charge in [0.05, 0.1) is 5.25 Å². The number of alkyl halides is 4. The SMILES string of the molecule is CC(c1c(Cl)nn(CC(F)F)c1C(F)F)S(=O)(=O)C1=NOC(C)(C)C1. The van der Waals surface area contributed by atoms with E-state index < -0.39 is 56.5 Å². The predicted molar refractivity (Wildman–Crippen MR) is 82.7 cm³/mol. The fourth-order valence-corrected chi connectivity index (χ4v) is 4.51. The second-order valence-electron chi connectivity index (χ2n) is 6.16. The molecule has 0 spiro atoms. The van der Waals surface area contributed by atoms with Gasteiger partial charge >= 0.3 is 0 Å². The summed E-state index contributed by atoms with van der Waals surface area (Å²) in [4.78, 5) is 5.00. The average Bonchev–Trinajstić information content (AvgIpc) is 2.97. The minimum Gasteiger partial charge on any atom is -0.389 e. The highest BCUT2D eigenvalue weighted by atomic mass is 35.5. The third-order valence-electron chi connectivity index (χ3n) is 3.67. The molecule has 1 aliphatic rings. The highest BCUT2D eigenvalue weighted by Gasteiger charge is 2.42. The van der Waals surface area contributed by atoms with Crippen LogP contribution in [0, 0.1) is 0 Å². The van der Waals surface area contributed by atoms with Crippen molar-refractivity contribution in [2.45, 2.75) is 57.4 Å². The smallest absolute Gasteiger partial charge is 0.280 e. The summed E-state index contributed by atoms with van der Waals surface area (Å²) in [6, 6.07) is 0. The van der Waals surface area contributed by atoms with Crippen LogP contribution in [0.25, 0.3) is 0 Å². The number of hydrogen-bond donors (Lipinski definition) is 0. The molecule has 0 bridgehead atoms. The molecule has 1 unspecified atom stereocenters. The monoisotopic (exact) mass is 405 g/mol. The molecule has 2 rings (SSSR count). The molecule has 0 saturated carbocycles. The van der Waals surface area contributed by atoms with Crippen molar-refractivity contribution in [1.29, 1.82) is 0 Å². The number of aromatic nitrogens is 2. The van der Waals surface area contributed by atoms with E-state index in [2.05, 4.69) is 10.3 Å². The van der Waals surface area contributed by atoms with Gasteiger partial charge in [0.1, 0.15) is 17.8 Å². The van der Waals surface area contributed by atoms with Gasteiger partial charge in [0.2, 0.25) is 9.84 Å². The normalized spacial score (nSPS) is 18.6. The lowest BCUT2D eigenvalue weighted by atomic mass is 10.1. The molecule has 1 atom stereocenters. The van der Waals surface area contributed by atoms with E-state index in [-0.39, 0.29) is 11.5 Å². The first-order valence-corrected chi connectivity index (χ1v) is 9.10. The molecule has 142 valence electrons. The summed E-state index contributed by atoms with van der Waals surface area (Å²) in [6.45, 7) is 3.23. The highest BCUT2D eigenvalue weighted by molar-refractivity contribution is 8.06. The van der Waals surface area contributed by atoms with Crippen LogP contribution in [0.3, 0.4) is 0 Å². The van der Waals surface area contributed by atoms with Crippen LogP contribution < -0.4 is 0 Å². The Hall–Kier alpha value is -1.36. The Labute approximate surface area is 146 Å². The Morgan fingerprint density at radius 3 is 2.36 bits per heavy atom. The number of sulfone groups is 1. The predicted octanol–water partition coefficient (Wildman–Crippen LogP) is 3.73. The van der Waals surface area contributed by atoms with Crippen LogP contribution in [0.2, 0.25) is 5.15 Å². The van der Waals surface area contributed by atoms with Crippen molar-refractivity contribution in [3.63, 3.8) is 0 Å². The minimum absolute atomic E-state index is 0.0491. The quantitative estimate of drug-likeness (QED) is 0.700. The van der Waals surface area contributed by atoms with Crippen molar-refractivity contribution < 1.29 is 30.8 Å². The fourth-order valence-electron chi connectivity index (χ4n) is 2.45. The van der Waals surface area contributed by atoms with Crippen LogP contribution in [-0.4, -0.2) is 35.3 Å². The van der Waals surface area contributed by atoms with Crippen molar-refractivity contribution in [2.24, 2.45) is 5.16 Å². The molecule has 0 amide bonds. The summed E-state index contributed by atoms with van der Waals surface area (Å²) in [6.07, 6.45) is -6.24. The van der Waals surface area contributed by atoms with Gasteiger partial charge in [-0.25, -0.2) is 26.0 Å². The third kappa shape index (κ3) is 3.91. The Morgan fingerprint density at radius 1 is 1.32 bits per heavy atom. The van der Waals surface area contributed by atoms with Crippen LogP contribution >= 0.6 is 11.6 Å². The number of nitrogens with zero attached hydrogens (tertiary/aromatic N) is 3. The van der Waals surface area contributed by atoms with Gasteiger partial charge in [-0.1, -0.05) is 16.8 Å². The van der Waals surface area contributed by atoms with Crippen LogP contribution in [0.4, 0.5) is 17.6 Å². The third-order valence-corrected chi connectivity index (χ3v) is 6.00. The Balaban J connectivity index is 2.49. The molecular weight excluding hydrogens is 390 g/mol. The Morgan fingerprint density at radius 2 is 1.92 bits per heavy atom. The maximum absolute atomic E-state index is 13.4. The van der Waals surface area contributed by atoms with E-state index in [1.165, 1.54) is 0 Å². The second kappa shape index (κ2) is 6.75. The van der Waals surface area contributed by atoms with Crippen molar-refractivity contribution in [2.75, 3.05) is 0 Å². The van der Waals surface area contributed by atoms with Crippen LogP contribution in [0.1, 0.15) is 50.1 Å². The zero-order chi connectivity index (χ0) is 19.2. The van der Waals surface area contributed by atoms with Gasteiger partial charge in [-0.15, -0.1) is 0 Å². The first-order chi connectivity index (χ1) is 11.4. The van der Waals surface area contributed by atoms with E-state index in [0.717, 1.165) is 6.92 Å². The van der Waals surface area contributed by atoms with Gasteiger partial charge in [0.25, 0.3) is 12.9 Å². The summed E-state index contributed by atoms with van der Waals surface area (Å²) in [5.74, 6) is 0. The van der Waals surface area contributed by atoms with Crippen molar-refractivity contribution in [3.8, 4) is 0 Å². The fraction of sp³-hybridized carbons (Fsp3) is 0.692. The lowest BCUT2D eigenvalue weighted by Crippen LogP contribution is -2.25. The summed E-state index contributed by atoms with van der Waals surface area (Å²) in [5, 5.41) is 4.54. The maximum atomic E-state index is 13.4. The van der Waals surface area contributed by atoms with Crippen LogP contribution in [0.15, 0.2) is 5.16 Å². The maximum Gasteiger partial charge on any atom is 0.280 e.